The van der Waals surface area contributed by atoms with Gasteiger partial charge in [0.15, 0.2) is 0 Å². The van der Waals surface area contributed by atoms with Gasteiger partial charge in [-0.2, -0.15) is 0 Å². The first kappa shape index (κ1) is 12.6. The van der Waals surface area contributed by atoms with E-state index in [1.165, 1.54) is 4.90 Å². The molecule has 4 aliphatic rings. The third kappa shape index (κ3) is 1.57. The van der Waals surface area contributed by atoms with Crippen molar-refractivity contribution in [2.24, 2.45) is 23.7 Å². The summed E-state index contributed by atoms with van der Waals surface area (Å²) in [5.74, 6) is 0.275. The van der Waals surface area contributed by atoms with E-state index < -0.39 is 0 Å². The quantitative estimate of drug-likeness (QED) is 0.428. The molecule has 1 saturated carbocycles. The summed E-state index contributed by atoms with van der Waals surface area (Å²) in [6.07, 6.45) is 6.39. The molecule has 2 bridgehead atoms. The molecule has 4 heteroatoms. The fraction of sp³-hybridized carbons (Fsp3) is 0.375. The van der Waals surface area contributed by atoms with Crippen LogP contribution in [0.25, 0.3) is 0 Å². The zero-order chi connectivity index (χ0) is 13.9. The Balaban J connectivity index is 1.80. The van der Waals surface area contributed by atoms with Crippen LogP contribution in [0.3, 0.4) is 0 Å². The zero-order valence-corrected chi connectivity index (χ0v) is 13.0. The van der Waals surface area contributed by atoms with E-state index in [9.17, 15) is 9.59 Å². The maximum atomic E-state index is 12.8. The fourth-order valence-corrected chi connectivity index (χ4v) is 4.57. The summed E-state index contributed by atoms with van der Waals surface area (Å²) in [4.78, 5) is 27.0. The Morgan fingerprint density at radius 1 is 0.950 bits per heavy atom. The number of benzene rings is 1. The van der Waals surface area contributed by atoms with Crippen molar-refractivity contribution in [2.45, 2.75) is 12.8 Å². The van der Waals surface area contributed by atoms with Gasteiger partial charge in [0.1, 0.15) is 0 Å². The van der Waals surface area contributed by atoms with E-state index in [-0.39, 0.29) is 35.5 Å². The standard InChI is InChI=1S/C16H14INO2/c17-11-3-1-2-4-12(11)18-15(19)13-9-5-6-10(8-7-9)14(13)16(18)20/h1-6,9-10,13-14H,7-8H2/t9-,10-,13-,14+/m0/s1. The van der Waals surface area contributed by atoms with Crippen molar-refractivity contribution in [1.82, 2.24) is 0 Å². The van der Waals surface area contributed by atoms with Crippen LogP contribution in [0.5, 0.6) is 0 Å². The molecule has 1 heterocycles. The maximum Gasteiger partial charge on any atom is 0.238 e. The first-order valence-corrected chi connectivity index (χ1v) is 8.07. The average Bonchev–Trinajstić information content (AvgIpc) is 2.75. The number of rotatable bonds is 1. The number of imide groups is 1. The minimum Gasteiger partial charge on any atom is -0.274 e. The fourth-order valence-electron chi connectivity index (χ4n) is 3.94. The van der Waals surface area contributed by atoms with Crippen molar-refractivity contribution >= 4 is 40.1 Å². The number of fused-ring (bicyclic) bond motifs is 1. The number of amides is 2. The monoisotopic (exact) mass is 379 g/mol. The summed E-state index contributed by atoms with van der Waals surface area (Å²) < 4.78 is 0.950. The first-order valence-electron chi connectivity index (χ1n) is 6.99. The Morgan fingerprint density at radius 2 is 1.50 bits per heavy atom. The molecule has 0 spiro atoms. The molecule has 1 saturated heterocycles. The summed E-state index contributed by atoms with van der Waals surface area (Å²) in [6, 6.07) is 7.61. The SMILES string of the molecule is O=C1[C@@H]2[C@H](C(=O)N1c1ccccc1I)[C@H]1C=C[C@H]2CC1. The van der Waals surface area contributed by atoms with E-state index >= 15 is 0 Å². The second-order valence-electron chi connectivity index (χ2n) is 5.80. The highest BCUT2D eigenvalue weighted by atomic mass is 127. The lowest BCUT2D eigenvalue weighted by atomic mass is 9.63. The van der Waals surface area contributed by atoms with Gasteiger partial charge in [0, 0.05) is 3.57 Å². The number of carbonyl (C=O) groups is 2. The van der Waals surface area contributed by atoms with Crippen molar-refractivity contribution in [3.8, 4) is 0 Å². The molecule has 1 aliphatic heterocycles. The van der Waals surface area contributed by atoms with Crippen molar-refractivity contribution in [3.63, 3.8) is 0 Å². The van der Waals surface area contributed by atoms with Crippen molar-refractivity contribution in [2.75, 3.05) is 4.90 Å². The lowest BCUT2D eigenvalue weighted by molar-refractivity contribution is -0.124. The number of nitrogens with zero attached hydrogens (tertiary/aromatic N) is 1. The average molecular weight is 379 g/mol. The molecule has 1 aromatic carbocycles. The second kappa shape index (κ2) is 4.41. The Labute approximate surface area is 131 Å². The van der Waals surface area contributed by atoms with E-state index in [0.29, 0.717) is 0 Å². The van der Waals surface area contributed by atoms with Crippen LogP contribution < -0.4 is 4.90 Å². The van der Waals surface area contributed by atoms with Crippen LogP contribution in [-0.4, -0.2) is 11.8 Å². The Hall–Kier alpha value is -1.17. The van der Waals surface area contributed by atoms with E-state index in [1.54, 1.807) is 0 Å². The molecule has 20 heavy (non-hydrogen) atoms. The molecular weight excluding hydrogens is 365 g/mol. The van der Waals surface area contributed by atoms with Crippen molar-refractivity contribution in [3.05, 3.63) is 40.0 Å². The molecule has 0 radical (unpaired) electrons. The first-order chi connectivity index (χ1) is 9.68. The smallest absolute Gasteiger partial charge is 0.238 e. The molecule has 5 rings (SSSR count). The highest BCUT2D eigenvalue weighted by Gasteiger charge is 2.57. The van der Waals surface area contributed by atoms with Gasteiger partial charge >= 0.3 is 0 Å². The van der Waals surface area contributed by atoms with Crippen LogP contribution in [0.15, 0.2) is 36.4 Å². The minimum absolute atomic E-state index is 0.00293. The number of halogens is 1. The highest BCUT2D eigenvalue weighted by Crippen LogP contribution is 2.50. The number of carbonyl (C=O) groups excluding carboxylic acids is 2. The van der Waals surface area contributed by atoms with Crippen molar-refractivity contribution < 1.29 is 9.59 Å². The molecule has 2 amide bonds. The molecule has 4 atom stereocenters. The summed E-state index contributed by atoms with van der Waals surface area (Å²) in [7, 11) is 0. The number of hydrogen-bond acceptors (Lipinski definition) is 2. The summed E-state index contributed by atoms with van der Waals surface area (Å²) in [5.41, 5.74) is 0.747. The topological polar surface area (TPSA) is 37.4 Å². The summed E-state index contributed by atoms with van der Waals surface area (Å²) in [5, 5.41) is 0. The molecule has 0 unspecified atom stereocenters. The number of hydrogen-bond donors (Lipinski definition) is 0. The Bertz CT molecular complexity index is 607. The maximum absolute atomic E-state index is 12.8. The molecule has 0 aromatic heterocycles. The third-order valence-corrected chi connectivity index (χ3v) is 5.76. The van der Waals surface area contributed by atoms with Crippen molar-refractivity contribution in [1.29, 1.82) is 0 Å². The van der Waals surface area contributed by atoms with Crippen LogP contribution in [0.4, 0.5) is 5.69 Å². The molecule has 1 aromatic rings. The number of para-hydroxylation sites is 1. The number of allylic oxidation sites excluding steroid dienone is 2. The summed E-state index contributed by atoms with van der Waals surface area (Å²) in [6.45, 7) is 0. The van der Waals surface area contributed by atoms with E-state index in [0.717, 1.165) is 22.1 Å². The van der Waals surface area contributed by atoms with Gasteiger partial charge < -0.3 is 0 Å². The van der Waals surface area contributed by atoms with Gasteiger partial charge in [-0.05, 0) is 59.4 Å². The van der Waals surface area contributed by atoms with Gasteiger partial charge in [0.05, 0.1) is 17.5 Å². The third-order valence-electron chi connectivity index (χ3n) is 4.85. The number of anilines is 1. The van der Waals surface area contributed by atoms with Crippen LogP contribution in [0.2, 0.25) is 0 Å². The molecule has 2 fully saturated rings. The minimum atomic E-state index is -0.123. The van der Waals surface area contributed by atoms with Gasteiger partial charge in [-0.1, -0.05) is 24.3 Å². The van der Waals surface area contributed by atoms with Gasteiger partial charge in [-0.25, -0.2) is 4.90 Å². The normalized spacial score (nSPS) is 34.8. The highest BCUT2D eigenvalue weighted by molar-refractivity contribution is 14.1. The van der Waals surface area contributed by atoms with E-state index in [1.807, 2.05) is 24.3 Å². The molecule has 3 aliphatic carbocycles. The van der Waals surface area contributed by atoms with Gasteiger partial charge in [-0.15, -0.1) is 0 Å². The largest absolute Gasteiger partial charge is 0.274 e. The van der Waals surface area contributed by atoms with Crippen LogP contribution in [0, 0.1) is 27.2 Å². The van der Waals surface area contributed by atoms with Gasteiger partial charge in [-0.3, -0.25) is 9.59 Å². The lowest BCUT2D eigenvalue weighted by Crippen LogP contribution is -2.38. The predicted octanol–water partition coefficient (Wildman–Crippen LogP) is 2.99. The van der Waals surface area contributed by atoms with Crippen LogP contribution in [0.1, 0.15) is 12.8 Å². The second-order valence-corrected chi connectivity index (χ2v) is 6.97. The molecule has 0 N–H and O–H groups in total. The Kier molecular flexibility index (Phi) is 2.77. The molecular formula is C16H14INO2. The predicted molar refractivity (Wildman–Crippen MR) is 84.0 cm³/mol. The Morgan fingerprint density at radius 3 is 2.00 bits per heavy atom. The van der Waals surface area contributed by atoms with Crippen LogP contribution >= 0.6 is 22.6 Å². The summed E-state index contributed by atoms with van der Waals surface area (Å²) >= 11 is 2.19. The molecule has 3 nitrogen and oxygen atoms in total. The molecule has 102 valence electrons. The van der Waals surface area contributed by atoms with E-state index in [2.05, 4.69) is 34.7 Å². The zero-order valence-electron chi connectivity index (χ0n) is 10.8. The van der Waals surface area contributed by atoms with Crippen LogP contribution in [-0.2, 0) is 9.59 Å². The lowest BCUT2D eigenvalue weighted by Gasteiger charge is -2.38. The van der Waals surface area contributed by atoms with E-state index in [4.69, 9.17) is 0 Å². The van der Waals surface area contributed by atoms with Gasteiger partial charge in [0.2, 0.25) is 11.8 Å². The van der Waals surface area contributed by atoms with Gasteiger partial charge in [0.25, 0.3) is 0 Å².